The van der Waals surface area contributed by atoms with Crippen LogP contribution in [-0.2, 0) is 0 Å². The molecule has 3 aromatic rings. The zero-order valence-electron chi connectivity index (χ0n) is 16.3. The van der Waals surface area contributed by atoms with Gasteiger partial charge in [0.1, 0.15) is 15.6 Å². The molecule has 0 bridgehead atoms. The number of amides is 1. The molecule has 0 saturated heterocycles. The lowest BCUT2D eigenvalue weighted by Gasteiger charge is -2.09. The fraction of sp³-hybridized carbons (Fsp3) is 0.182. The average Bonchev–Trinajstić information content (AvgIpc) is 3.19. The van der Waals surface area contributed by atoms with Gasteiger partial charge in [0, 0.05) is 17.6 Å². The highest BCUT2D eigenvalue weighted by molar-refractivity contribution is 7.16. The van der Waals surface area contributed by atoms with Crippen LogP contribution in [0.5, 0.6) is 0 Å². The topological polar surface area (TPSA) is 79.8 Å². The summed E-state index contributed by atoms with van der Waals surface area (Å²) in [5.41, 5.74) is 4.88. The number of rotatable bonds is 5. The molecule has 2 heterocycles. The number of thiazole rings is 1. The number of benzene rings is 1. The van der Waals surface area contributed by atoms with Gasteiger partial charge in [0.2, 0.25) is 5.95 Å². The van der Waals surface area contributed by atoms with E-state index in [1.54, 1.807) is 18.5 Å². The second kappa shape index (κ2) is 8.36. The van der Waals surface area contributed by atoms with Gasteiger partial charge in [0.15, 0.2) is 0 Å². The van der Waals surface area contributed by atoms with Crippen LogP contribution in [0.3, 0.4) is 0 Å². The van der Waals surface area contributed by atoms with E-state index in [1.165, 1.54) is 22.5 Å². The molecule has 1 aromatic carbocycles. The van der Waals surface area contributed by atoms with Crippen molar-refractivity contribution in [2.75, 3.05) is 5.32 Å². The van der Waals surface area contributed by atoms with Crippen LogP contribution in [0.25, 0.3) is 10.7 Å². The van der Waals surface area contributed by atoms with E-state index in [1.807, 2.05) is 24.3 Å². The molecule has 0 unspecified atom stereocenters. The third-order valence-electron chi connectivity index (χ3n) is 4.37. The lowest BCUT2D eigenvalue weighted by Crippen LogP contribution is -2.22. The smallest absolute Gasteiger partial charge is 0.267 e. The summed E-state index contributed by atoms with van der Waals surface area (Å²) in [5.74, 6) is 0.353. The first kappa shape index (κ1) is 19.0. The van der Waals surface area contributed by atoms with E-state index in [-0.39, 0.29) is 5.91 Å². The van der Waals surface area contributed by atoms with Gasteiger partial charge in [-0.2, -0.15) is 0 Å². The number of hydrogen-bond donors (Lipinski definition) is 2. The molecule has 1 amide bonds. The van der Waals surface area contributed by atoms with E-state index < -0.39 is 0 Å². The third-order valence-corrected chi connectivity index (χ3v) is 5.39. The first-order chi connectivity index (χ1) is 14.1. The summed E-state index contributed by atoms with van der Waals surface area (Å²) in [6, 6.07) is 8.00. The molecule has 2 N–H and O–H groups in total. The highest BCUT2D eigenvalue weighted by Crippen LogP contribution is 2.25. The predicted octanol–water partition coefficient (Wildman–Crippen LogP) is 4.92. The van der Waals surface area contributed by atoms with Crippen molar-refractivity contribution >= 4 is 28.9 Å². The van der Waals surface area contributed by atoms with E-state index in [9.17, 15) is 4.79 Å². The molecular weight excluding hydrogens is 382 g/mol. The van der Waals surface area contributed by atoms with Gasteiger partial charge in [-0.05, 0) is 62.1 Å². The number of carbonyl (C=O) groups excluding carboxylic acids is 1. The molecule has 1 aliphatic carbocycles. The minimum atomic E-state index is -0.141. The number of nitrogens with zero attached hydrogens (tertiary/aromatic N) is 3. The third kappa shape index (κ3) is 4.75. The summed E-state index contributed by atoms with van der Waals surface area (Å²) in [7, 11) is 0. The second-order valence-electron chi connectivity index (χ2n) is 6.91. The molecule has 4 rings (SSSR count). The van der Waals surface area contributed by atoms with Gasteiger partial charge in [-0.1, -0.05) is 18.2 Å². The predicted molar refractivity (Wildman–Crippen MR) is 116 cm³/mol. The van der Waals surface area contributed by atoms with Crippen LogP contribution in [0.15, 0.2) is 60.6 Å². The van der Waals surface area contributed by atoms with Crippen LogP contribution in [-0.4, -0.2) is 20.9 Å². The number of hydrogen-bond acceptors (Lipinski definition) is 6. The summed E-state index contributed by atoms with van der Waals surface area (Å²) >= 11 is 1.32. The molecule has 0 radical (unpaired) electrons. The summed E-state index contributed by atoms with van der Waals surface area (Å²) in [6.07, 6.45) is 11.0. The first-order valence-electron chi connectivity index (χ1n) is 9.38. The maximum Gasteiger partial charge on any atom is 0.267 e. The number of nitrogens with one attached hydrogen (secondary N) is 2. The van der Waals surface area contributed by atoms with Crippen molar-refractivity contribution in [1.29, 1.82) is 0 Å². The number of allylic oxidation sites excluding steroid dienone is 4. The average molecular weight is 404 g/mol. The van der Waals surface area contributed by atoms with Crippen molar-refractivity contribution < 1.29 is 4.79 Å². The Morgan fingerprint density at radius 3 is 2.72 bits per heavy atom. The van der Waals surface area contributed by atoms with Crippen LogP contribution in [0, 0.1) is 13.8 Å². The molecule has 0 atom stereocenters. The number of carbonyl (C=O) groups is 1. The Kier molecular flexibility index (Phi) is 5.48. The van der Waals surface area contributed by atoms with Crippen LogP contribution in [0.4, 0.5) is 11.6 Å². The van der Waals surface area contributed by atoms with E-state index in [4.69, 9.17) is 0 Å². The molecule has 0 fully saturated rings. The van der Waals surface area contributed by atoms with Gasteiger partial charge in [-0.3, -0.25) is 4.79 Å². The van der Waals surface area contributed by atoms with E-state index in [0.717, 1.165) is 24.2 Å². The van der Waals surface area contributed by atoms with Gasteiger partial charge in [0.25, 0.3) is 5.91 Å². The Hall–Kier alpha value is -3.32. The monoisotopic (exact) mass is 403 g/mol. The zero-order chi connectivity index (χ0) is 20.2. The van der Waals surface area contributed by atoms with E-state index in [0.29, 0.717) is 21.5 Å². The summed E-state index contributed by atoms with van der Waals surface area (Å²) in [4.78, 5) is 26.3. The standard InChI is InChI=1S/C22H21N5OS/c1-14-10-15(2)12-17(11-14)26-22-23-9-8-18(27-22)21-24-13-19(29-21)20(28)25-16-6-4-3-5-7-16/h3-4,6,8-13H,5,7H2,1-2H3,(H,25,28)(H,23,26,27). The molecule has 2 aromatic heterocycles. The van der Waals surface area contributed by atoms with Crippen molar-refractivity contribution in [1.82, 2.24) is 20.3 Å². The number of aromatic nitrogens is 3. The van der Waals surface area contributed by atoms with Crippen molar-refractivity contribution in [3.63, 3.8) is 0 Å². The van der Waals surface area contributed by atoms with Crippen LogP contribution >= 0.6 is 11.3 Å². The minimum absolute atomic E-state index is 0.141. The van der Waals surface area contributed by atoms with Crippen molar-refractivity contribution in [3.05, 3.63) is 76.6 Å². The van der Waals surface area contributed by atoms with Gasteiger partial charge in [0.05, 0.1) is 6.20 Å². The molecule has 7 heteroatoms. The minimum Gasteiger partial charge on any atom is -0.325 e. The molecule has 146 valence electrons. The molecular formula is C22H21N5OS. The van der Waals surface area contributed by atoms with Gasteiger partial charge < -0.3 is 10.6 Å². The lowest BCUT2D eigenvalue weighted by atomic mass is 10.1. The molecule has 0 saturated carbocycles. The van der Waals surface area contributed by atoms with Crippen LogP contribution in [0.2, 0.25) is 0 Å². The second-order valence-corrected chi connectivity index (χ2v) is 7.94. The highest BCUT2D eigenvalue weighted by Gasteiger charge is 2.14. The Balaban J connectivity index is 1.50. The molecule has 6 nitrogen and oxygen atoms in total. The summed E-state index contributed by atoms with van der Waals surface area (Å²) in [5, 5.41) is 6.87. The Morgan fingerprint density at radius 2 is 1.97 bits per heavy atom. The Morgan fingerprint density at radius 1 is 1.14 bits per heavy atom. The van der Waals surface area contributed by atoms with Crippen molar-refractivity contribution in [3.8, 4) is 10.7 Å². The Bertz CT molecular complexity index is 1100. The first-order valence-corrected chi connectivity index (χ1v) is 10.2. The maximum atomic E-state index is 12.5. The summed E-state index contributed by atoms with van der Waals surface area (Å²) in [6.45, 7) is 4.11. The number of aryl methyl sites for hydroxylation is 2. The fourth-order valence-electron chi connectivity index (χ4n) is 3.13. The van der Waals surface area contributed by atoms with Gasteiger partial charge in [-0.25, -0.2) is 15.0 Å². The molecule has 0 aliphatic heterocycles. The Labute approximate surface area is 173 Å². The highest BCUT2D eigenvalue weighted by atomic mass is 32.1. The molecule has 29 heavy (non-hydrogen) atoms. The normalized spacial score (nSPS) is 13.1. The van der Waals surface area contributed by atoms with Gasteiger partial charge in [-0.15, -0.1) is 11.3 Å². The van der Waals surface area contributed by atoms with Crippen molar-refractivity contribution in [2.45, 2.75) is 26.7 Å². The van der Waals surface area contributed by atoms with Crippen molar-refractivity contribution in [2.24, 2.45) is 0 Å². The lowest BCUT2D eigenvalue weighted by molar-refractivity contribution is 0.0968. The number of anilines is 2. The van der Waals surface area contributed by atoms with E-state index in [2.05, 4.69) is 51.6 Å². The van der Waals surface area contributed by atoms with Crippen LogP contribution in [0.1, 0.15) is 33.6 Å². The SMILES string of the molecule is Cc1cc(C)cc(Nc2nccc(-c3ncc(C(=O)NC4=CC=CCC4)s3)n2)c1. The molecule has 0 spiro atoms. The fourth-order valence-corrected chi connectivity index (χ4v) is 3.91. The van der Waals surface area contributed by atoms with E-state index >= 15 is 0 Å². The summed E-state index contributed by atoms with van der Waals surface area (Å²) < 4.78 is 0. The van der Waals surface area contributed by atoms with Crippen LogP contribution < -0.4 is 10.6 Å². The van der Waals surface area contributed by atoms with Gasteiger partial charge >= 0.3 is 0 Å². The molecule has 1 aliphatic rings. The quantitative estimate of drug-likeness (QED) is 0.632. The zero-order valence-corrected chi connectivity index (χ0v) is 17.1. The largest absolute Gasteiger partial charge is 0.325 e. The maximum absolute atomic E-state index is 12.5.